The van der Waals surface area contributed by atoms with E-state index in [-0.39, 0.29) is 28.5 Å². The van der Waals surface area contributed by atoms with Gasteiger partial charge in [0.2, 0.25) is 5.91 Å². The molecule has 1 aromatic carbocycles. The molecule has 2 atom stereocenters. The van der Waals surface area contributed by atoms with Crippen LogP contribution in [0.5, 0.6) is 0 Å². The molecule has 4 nitrogen and oxygen atoms in total. The third-order valence-corrected chi connectivity index (χ3v) is 4.62. The van der Waals surface area contributed by atoms with Gasteiger partial charge in [-0.05, 0) is 42.9 Å². The molecule has 0 spiro atoms. The van der Waals surface area contributed by atoms with Crippen LogP contribution >= 0.6 is 11.6 Å². The van der Waals surface area contributed by atoms with Gasteiger partial charge in [0.25, 0.3) is 5.91 Å². The van der Waals surface area contributed by atoms with Gasteiger partial charge in [0.05, 0.1) is 5.56 Å². The highest BCUT2D eigenvalue weighted by Gasteiger charge is 2.37. The van der Waals surface area contributed by atoms with Crippen LogP contribution in [-0.2, 0) is 9.59 Å². The van der Waals surface area contributed by atoms with E-state index in [0.717, 1.165) is 12.5 Å². The van der Waals surface area contributed by atoms with E-state index in [4.69, 9.17) is 11.6 Å². The molecule has 0 aliphatic carbocycles. The first kappa shape index (κ1) is 21.2. The lowest BCUT2D eigenvalue weighted by Gasteiger charge is -2.39. The van der Waals surface area contributed by atoms with Gasteiger partial charge in [-0.2, -0.15) is 0 Å². The van der Waals surface area contributed by atoms with Crippen molar-refractivity contribution in [2.24, 2.45) is 11.8 Å². The van der Waals surface area contributed by atoms with Gasteiger partial charge in [-0.25, -0.2) is 4.39 Å². The van der Waals surface area contributed by atoms with Crippen molar-refractivity contribution in [3.05, 3.63) is 34.6 Å². The molecule has 1 aliphatic rings. The summed E-state index contributed by atoms with van der Waals surface area (Å²) in [6, 6.07) is 3.47. The summed E-state index contributed by atoms with van der Waals surface area (Å²) in [7, 11) is 0. The molecule has 1 aromatic rings. The number of piperazine rings is 1. The molecule has 6 heteroatoms. The Morgan fingerprint density at radius 2 is 1.96 bits per heavy atom. The van der Waals surface area contributed by atoms with E-state index in [2.05, 4.69) is 31.0 Å². The van der Waals surface area contributed by atoms with Crippen LogP contribution in [0, 0.1) is 29.5 Å². The maximum atomic E-state index is 13.9. The summed E-state index contributed by atoms with van der Waals surface area (Å²) in [5.74, 6) is 4.54. The molecule has 0 aromatic heterocycles. The lowest BCUT2D eigenvalue weighted by Crippen LogP contribution is -2.61. The van der Waals surface area contributed by atoms with Crippen LogP contribution in [0.25, 0.3) is 0 Å². The van der Waals surface area contributed by atoms with Gasteiger partial charge in [0.15, 0.2) is 0 Å². The summed E-state index contributed by atoms with van der Waals surface area (Å²) in [5, 5.41) is 3.29. The quantitative estimate of drug-likeness (QED) is 0.795. The molecule has 0 bridgehead atoms. The van der Waals surface area contributed by atoms with E-state index in [1.165, 1.54) is 17.0 Å². The zero-order valence-corrected chi connectivity index (χ0v) is 16.9. The highest BCUT2D eigenvalue weighted by Crippen LogP contribution is 2.20. The average Bonchev–Trinajstić information content (AvgIpc) is 2.55. The molecule has 1 aliphatic heterocycles. The Bertz CT molecular complexity index is 767. The molecule has 2 rings (SSSR count). The summed E-state index contributed by atoms with van der Waals surface area (Å²) in [6.45, 7) is 8.57. The second-order valence-corrected chi connectivity index (χ2v) is 8.25. The number of hydrogen-bond acceptors (Lipinski definition) is 2. The van der Waals surface area contributed by atoms with Crippen molar-refractivity contribution in [2.75, 3.05) is 6.54 Å². The second kappa shape index (κ2) is 9.23. The third kappa shape index (κ3) is 5.97. The number of amides is 2. The fourth-order valence-corrected chi connectivity index (χ4v) is 3.40. The van der Waals surface area contributed by atoms with Gasteiger partial charge in [0, 0.05) is 23.5 Å². The molecule has 0 saturated carbocycles. The van der Waals surface area contributed by atoms with Crippen LogP contribution in [0.1, 0.15) is 46.1 Å². The molecule has 1 heterocycles. The molecule has 27 heavy (non-hydrogen) atoms. The Morgan fingerprint density at radius 3 is 2.56 bits per heavy atom. The van der Waals surface area contributed by atoms with E-state index in [1.54, 1.807) is 0 Å². The summed E-state index contributed by atoms with van der Waals surface area (Å²) in [6.07, 6.45) is 1.34. The predicted molar refractivity (Wildman–Crippen MR) is 105 cm³/mol. The first-order valence-electron chi connectivity index (χ1n) is 9.25. The van der Waals surface area contributed by atoms with E-state index >= 15 is 0 Å². The third-order valence-electron chi connectivity index (χ3n) is 4.39. The topological polar surface area (TPSA) is 49.4 Å². The maximum Gasteiger partial charge on any atom is 0.299 e. The Kier molecular flexibility index (Phi) is 7.26. The highest BCUT2D eigenvalue weighted by atomic mass is 35.5. The maximum absolute atomic E-state index is 13.9. The first-order chi connectivity index (χ1) is 12.7. The molecule has 1 saturated heterocycles. The Hall–Kier alpha value is -2.06. The number of nitrogens with zero attached hydrogens (tertiary/aromatic N) is 1. The van der Waals surface area contributed by atoms with Crippen LogP contribution < -0.4 is 5.32 Å². The fraction of sp³-hybridized carbons (Fsp3) is 0.524. The number of benzene rings is 1. The lowest BCUT2D eigenvalue weighted by atomic mass is 9.95. The molecule has 1 N–H and O–H groups in total. The molecule has 2 amide bonds. The van der Waals surface area contributed by atoms with Gasteiger partial charge in [0.1, 0.15) is 11.9 Å². The minimum absolute atomic E-state index is 0.0982. The SMILES string of the molecule is CC(C)C[C@H]1CN(C(=O)C#Cc2ccc(Cl)cc2F)[C@@H](CC(C)C)C(=O)N1. The van der Waals surface area contributed by atoms with Crippen LogP contribution in [0.3, 0.4) is 0 Å². The minimum atomic E-state index is -0.574. The monoisotopic (exact) mass is 392 g/mol. The smallest absolute Gasteiger partial charge is 0.299 e. The molecule has 0 unspecified atom stereocenters. The largest absolute Gasteiger partial charge is 0.350 e. The van der Waals surface area contributed by atoms with Crippen molar-refractivity contribution in [1.82, 2.24) is 10.2 Å². The van der Waals surface area contributed by atoms with Gasteiger partial charge < -0.3 is 10.2 Å². The zero-order valence-electron chi connectivity index (χ0n) is 16.2. The van der Waals surface area contributed by atoms with Crippen molar-refractivity contribution in [3.8, 4) is 11.8 Å². The Balaban J connectivity index is 2.24. The van der Waals surface area contributed by atoms with Crippen molar-refractivity contribution in [2.45, 2.75) is 52.6 Å². The fourth-order valence-electron chi connectivity index (χ4n) is 3.24. The highest BCUT2D eigenvalue weighted by molar-refractivity contribution is 6.30. The summed E-state index contributed by atoms with van der Waals surface area (Å²) >= 11 is 5.73. The van der Waals surface area contributed by atoms with Crippen molar-refractivity contribution < 1.29 is 14.0 Å². The number of carbonyl (C=O) groups is 2. The Labute approximate surface area is 165 Å². The van der Waals surface area contributed by atoms with Crippen molar-refractivity contribution in [3.63, 3.8) is 0 Å². The van der Waals surface area contributed by atoms with Crippen LogP contribution in [0.4, 0.5) is 4.39 Å². The van der Waals surface area contributed by atoms with Crippen molar-refractivity contribution >= 4 is 23.4 Å². The van der Waals surface area contributed by atoms with Crippen LogP contribution in [0.2, 0.25) is 5.02 Å². The number of rotatable bonds is 4. The summed E-state index contributed by atoms with van der Waals surface area (Å²) in [5.41, 5.74) is 0.105. The number of hydrogen-bond donors (Lipinski definition) is 1. The van der Waals surface area contributed by atoms with Crippen molar-refractivity contribution in [1.29, 1.82) is 0 Å². The minimum Gasteiger partial charge on any atom is -0.350 e. The van der Waals surface area contributed by atoms with Gasteiger partial charge in [-0.3, -0.25) is 9.59 Å². The second-order valence-electron chi connectivity index (χ2n) is 7.81. The van der Waals surface area contributed by atoms with E-state index in [1.807, 2.05) is 13.8 Å². The normalized spacial score (nSPS) is 19.7. The van der Waals surface area contributed by atoms with Gasteiger partial charge in [-0.15, -0.1) is 0 Å². The average molecular weight is 393 g/mol. The number of carbonyl (C=O) groups excluding carboxylic acids is 2. The van der Waals surface area contributed by atoms with E-state index in [9.17, 15) is 14.0 Å². The lowest BCUT2D eigenvalue weighted by molar-refractivity contribution is -0.142. The first-order valence-corrected chi connectivity index (χ1v) is 9.63. The van der Waals surface area contributed by atoms with Gasteiger partial charge >= 0.3 is 0 Å². The summed E-state index contributed by atoms with van der Waals surface area (Å²) in [4.78, 5) is 26.9. The number of halogens is 2. The Morgan fingerprint density at radius 1 is 1.30 bits per heavy atom. The van der Waals surface area contributed by atoms with Crippen LogP contribution in [-0.4, -0.2) is 35.3 Å². The molecule has 1 fully saturated rings. The molecular formula is C21H26ClFN2O2. The zero-order chi connectivity index (χ0) is 20.1. The molecule has 146 valence electrons. The van der Waals surface area contributed by atoms with Crippen LogP contribution in [0.15, 0.2) is 18.2 Å². The van der Waals surface area contributed by atoms with Gasteiger partial charge in [-0.1, -0.05) is 45.2 Å². The molecular weight excluding hydrogens is 367 g/mol. The van der Waals surface area contributed by atoms with E-state index < -0.39 is 17.8 Å². The summed E-state index contributed by atoms with van der Waals surface area (Å²) < 4.78 is 13.9. The standard InChI is InChI=1S/C21H26ClFN2O2/c1-13(2)9-17-12-25(19(10-14(3)4)21(27)24-17)20(26)8-6-15-5-7-16(22)11-18(15)23/h5,7,11,13-14,17,19H,9-10,12H2,1-4H3,(H,24,27)/t17-,19-/m0/s1. The number of nitrogens with one attached hydrogen (secondary N) is 1. The predicted octanol–water partition coefficient (Wildman–Crippen LogP) is 3.62. The molecule has 0 radical (unpaired) electrons. The van der Waals surface area contributed by atoms with E-state index in [0.29, 0.717) is 18.9 Å².